The maximum atomic E-state index is 13.0. The number of anilines is 2. The SMILES string of the molecule is CN(C)CCCN(C)C(=O)c1ccc(NC(=C2C(=O)Nc3cc(C#N)ccc32)c2ccccc2)cc1. The fourth-order valence-electron chi connectivity index (χ4n) is 4.16. The molecule has 4 rings (SSSR count). The van der Waals surface area contributed by atoms with Gasteiger partial charge in [-0.3, -0.25) is 9.59 Å². The zero-order valence-electron chi connectivity index (χ0n) is 20.7. The van der Waals surface area contributed by atoms with Gasteiger partial charge in [-0.25, -0.2) is 0 Å². The molecule has 0 saturated heterocycles. The van der Waals surface area contributed by atoms with Crippen molar-refractivity contribution in [1.82, 2.24) is 9.80 Å². The van der Waals surface area contributed by atoms with Crippen molar-refractivity contribution in [2.24, 2.45) is 0 Å². The first-order valence-electron chi connectivity index (χ1n) is 11.8. The summed E-state index contributed by atoms with van der Waals surface area (Å²) in [7, 11) is 5.85. The maximum absolute atomic E-state index is 13.0. The molecule has 1 aliphatic rings. The molecule has 2 amide bonds. The van der Waals surface area contributed by atoms with Crippen molar-refractivity contribution < 1.29 is 9.59 Å². The highest BCUT2D eigenvalue weighted by Crippen LogP contribution is 2.38. The summed E-state index contributed by atoms with van der Waals surface area (Å²) in [5.41, 5.74) is 5.19. The number of hydrogen-bond acceptors (Lipinski definition) is 5. The van der Waals surface area contributed by atoms with E-state index in [2.05, 4.69) is 21.6 Å². The predicted octanol–water partition coefficient (Wildman–Crippen LogP) is 4.51. The molecule has 0 fully saturated rings. The number of carbonyl (C=O) groups excluding carboxylic acids is 2. The summed E-state index contributed by atoms with van der Waals surface area (Å²) in [4.78, 5) is 29.7. The van der Waals surface area contributed by atoms with Gasteiger partial charge in [-0.2, -0.15) is 5.26 Å². The Kier molecular flexibility index (Phi) is 7.47. The van der Waals surface area contributed by atoms with Crippen LogP contribution in [0.4, 0.5) is 11.4 Å². The number of nitrogens with one attached hydrogen (secondary N) is 2. The molecule has 7 heteroatoms. The molecule has 0 saturated carbocycles. The highest BCUT2D eigenvalue weighted by atomic mass is 16.2. The van der Waals surface area contributed by atoms with Gasteiger partial charge in [0.05, 0.1) is 28.6 Å². The lowest BCUT2D eigenvalue weighted by atomic mass is 9.99. The van der Waals surface area contributed by atoms with E-state index in [9.17, 15) is 14.9 Å². The summed E-state index contributed by atoms with van der Waals surface area (Å²) < 4.78 is 0. The normalized spacial score (nSPS) is 13.6. The molecule has 0 atom stereocenters. The van der Waals surface area contributed by atoms with Gasteiger partial charge in [0.15, 0.2) is 0 Å². The molecule has 36 heavy (non-hydrogen) atoms. The number of amides is 2. The maximum Gasteiger partial charge on any atom is 0.258 e. The molecule has 1 aliphatic heterocycles. The van der Waals surface area contributed by atoms with Gasteiger partial charge in [0.2, 0.25) is 0 Å². The minimum atomic E-state index is -0.238. The molecule has 1 heterocycles. The molecule has 0 spiro atoms. The van der Waals surface area contributed by atoms with E-state index in [-0.39, 0.29) is 11.8 Å². The first-order valence-corrected chi connectivity index (χ1v) is 11.8. The average Bonchev–Trinajstić information content (AvgIpc) is 3.21. The minimum absolute atomic E-state index is 0.0284. The minimum Gasteiger partial charge on any atom is -0.354 e. The van der Waals surface area contributed by atoms with Crippen LogP contribution in [0.25, 0.3) is 11.3 Å². The number of benzene rings is 3. The Bertz CT molecular complexity index is 1340. The summed E-state index contributed by atoms with van der Waals surface area (Å²) in [5, 5.41) is 15.5. The van der Waals surface area contributed by atoms with Gasteiger partial charge in [0.1, 0.15) is 0 Å². The van der Waals surface area contributed by atoms with Gasteiger partial charge < -0.3 is 20.4 Å². The van der Waals surface area contributed by atoms with Crippen molar-refractivity contribution >= 4 is 34.5 Å². The van der Waals surface area contributed by atoms with E-state index >= 15 is 0 Å². The van der Waals surface area contributed by atoms with Gasteiger partial charge in [-0.05, 0) is 69.0 Å². The van der Waals surface area contributed by atoms with E-state index in [1.807, 2.05) is 63.6 Å². The largest absolute Gasteiger partial charge is 0.354 e. The zero-order chi connectivity index (χ0) is 25.7. The zero-order valence-corrected chi connectivity index (χ0v) is 20.7. The van der Waals surface area contributed by atoms with Crippen LogP contribution in [0.5, 0.6) is 0 Å². The van der Waals surface area contributed by atoms with Crippen LogP contribution in [0.15, 0.2) is 72.8 Å². The van der Waals surface area contributed by atoms with Crippen molar-refractivity contribution in [3.05, 3.63) is 95.1 Å². The number of fused-ring (bicyclic) bond motifs is 1. The van der Waals surface area contributed by atoms with Crippen LogP contribution in [0.3, 0.4) is 0 Å². The molecule has 0 unspecified atom stereocenters. The number of nitriles is 1. The quantitative estimate of drug-likeness (QED) is 0.464. The Labute approximate surface area is 211 Å². The van der Waals surface area contributed by atoms with Gasteiger partial charge in [-0.15, -0.1) is 0 Å². The van der Waals surface area contributed by atoms with Gasteiger partial charge >= 0.3 is 0 Å². The van der Waals surface area contributed by atoms with Crippen LogP contribution in [0, 0.1) is 11.3 Å². The Balaban J connectivity index is 1.62. The fourth-order valence-corrected chi connectivity index (χ4v) is 4.16. The predicted molar refractivity (Wildman–Crippen MR) is 143 cm³/mol. The van der Waals surface area contributed by atoms with Crippen molar-refractivity contribution in [2.45, 2.75) is 6.42 Å². The van der Waals surface area contributed by atoms with Gasteiger partial charge in [0.25, 0.3) is 11.8 Å². The van der Waals surface area contributed by atoms with Crippen molar-refractivity contribution in [3.63, 3.8) is 0 Å². The van der Waals surface area contributed by atoms with Gasteiger partial charge in [0, 0.05) is 30.4 Å². The Hall–Kier alpha value is -4.41. The van der Waals surface area contributed by atoms with Crippen molar-refractivity contribution in [1.29, 1.82) is 5.26 Å². The third-order valence-corrected chi connectivity index (χ3v) is 6.05. The number of carbonyl (C=O) groups is 2. The van der Waals surface area contributed by atoms with E-state index < -0.39 is 0 Å². The lowest BCUT2D eigenvalue weighted by Gasteiger charge is -2.19. The summed E-state index contributed by atoms with van der Waals surface area (Å²) in [5.74, 6) is -0.267. The smallest absolute Gasteiger partial charge is 0.258 e. The monoisotopic (exact) mass is 479 g/mol. The molecule has 0 aliphatic carbocycles. The Morgan fingerprint density at radius 3 is 2.33 bits per heavy atom. The van der Waals surface area contributed by atoms with Crippen LogP contribution < -0.4 is 10.6 Å². The number of rotatable bonds is 8. The molecular weight excluding hydrogens is 450 g/mol. The molecular formula is C29H29N5O2. The van der Waals surface area contributed by atoms with Crippen LogP contribution in [-0.4, -0.2) is 55.8 Å². The van der Waals surface area contributed by atoms with E-state index in [0.29, 0.717) is 34.6 Å². The molecule has 0 aromatic heterocycles. The number of nitrogens with zero attached hydrogens (tertiary/aromatic N) is 3. The Morgan fingerprint density at radius 2 is 1.67 bits per heavy atom. The van der Waals surface area contributed by atoms with E-state index in [4.69, 9.17) is 0 Å². The number of hydrogen-bond donors (Lipinski definition) is 2. The van der Waals surface area contributed by atoms with E-state index in [0.717, 1.165) is 29.8 Å². The van der Waals surface area contributed by atoms with Crippen LogP contribution in [-0.2, 0) is 4.79 Å². The van der Waals surface area contributed by atoms with Crippen LogP contribution >= 0.6 is 0 Å². The molecule has 0 bridgehead atoms. The second-order valence-corrected chi connectivity index (χ2v) is 9.03. The lowest BCUT2D eigenvalue weighted by molar-refractivity contribution is -0.110. The van der Waals surface area contributed by atoms with Crippen LogP contribution in [0.1, 0.15) is 33.5 Å². The first-order chi connectivity index (χ1) is 17.4. The highest BCUT2D eigenvalue weighted by Gasteiger charge is 2.28. The topological polar surface area (TPSA) is 88.5 Å². The second kappa shape index (κ2) is 10.9. The molecule has 3 aromatic rings. The summed E-state index contributed by atoms with van der Waals surface area (Å²) >= 11 is 0. The molecule has 3 aromatic carbocycles. The summed E-state index contributed by atoms with van der Waals surface area (Å²) in [6.07, 6.45) is 0.905. The highest BCUT2D eigenvalue weighted by molar-refractivity contribution is 6.37. The van der Waals surface area contributed by atoms with E-state index in [1.54, 1.807) is 35.2 Å². The first kappa shape index (κ1) is 24.7. The van der Waals surface area contributed by atoms with E-state index in [1.165, 1.54) is 0 Å². The van der Waals surface area contributed by atoms with Crippen molar-refractivity contribution in [3.8, 4) is 6.07 Å². The lowest BCUT2D eigenvalue weighted by Crippen LogP contribution is -2.29. The van der Waals surface area contributed by atoms with Crippen LogP contribution in [0.2, 0.25) is 0 Å². The average molecular weight is 480 g/mol. The molecule has 0 radical (unpaired) electrons. The third-order valence-electron chi connectivity index (χ3n) is 6.05. The standard InChI is InChI=1S/C29H29N5O2/c1-33(2)16-7-17-34(3)29(36)22-11-13-23(14-12-22)31-27(21-8-5-4-6-9-21)26-24-15-10-20(19-30)18-25(24)32-28(26)35/h4-6,8-15,18,31H,7,16-17H2,1-3H3,(H,32,35). The fraction of sp³-hybridized carbons (Fsp3) is 0.207. The van der Waals surface area contributed by atoms with Crippen molar-refractivity contribution in [2.75, 3.05) is 44.9 Å². The summed E-state index contributed by atoms with van der Waals surface area (Å²) in [6, 6.07) is 24.2. The molecule has 7 nitrogen and oxygen atoms in total. The molecule has 182 valence electrons. The summed E-state index contributed by atoms with van der Waals surface area (Å²) in [6.45, 7) is 1.61. The Morgan fingerprint density at radius 1 is 0.944 bits per heavy atom. The second-order valence-electron chi connectivity index (χ2n) is 9.03. The van der Waals surface area contributed by atoms with Gasteiger partial charge in [-0.1, -0.05) is 36.4 Å². The third kappa shape index (κ3) is 5.45. The molecule has 2 N–H and O–H groups in total.